The van der Waals surface area contributed by atoms with Gasteiger partial charge in [0, 0.05) is 34.2 Å². The van der Waals surface area contributed by atoms with E-state index in [0.717, 1.165) is 0 Å². The lowest BCUT2D eigenvalue weighted by molar-refractivity contribution is 0.0859. The van der Waals surface area contributed by atoms with Crippen molar-refractivity contribution >= 4 is 33.0 Å². The number of fused-ring (bicyclic) bond motifs is 1. The van der Waals surface area contributed by atoms with Crippen LogP contribution in [0, 0.1) is 11.7 Å². The molecule has 0 aliphatic carbocycles. The standard InChI is InChI=1S/C28H26FNO6S/c1-16(13-22(32)17-7-9-23(36-12-11-31)25(14-17)35-3)27(33)21-8-10-24(34-2)26(30-21)19-15-37-28-18(19)5-4-6-20(28)29/h4-10,14-16,31H,11-13H2,1-3H3/t16-/m0/s1. The monoisotopic (exact) mass is 523 g/mol. The minimum Gasteiger partial charge on any atom is -0.494 e. The number of hydrogen-bond donors (Lipinski definition) is 1. The highest BCUT2D eigenvalue weighted by Gasteiger charge is 2.24. The summed E-state index contributed by atoms with van der Waals surface area (Å²) in [5.41, 5.74) is 1.68. The minimum absolute atomic E-state index is 0.0333. The molecular formula is C28H26FNO6S. The number of halogens is 1. The molecule has 0 radical (unpaired) electrons. The van der Waals surface area contributed by atoms with E-state index >= 15 is 0 Å². The molecule has 0 spiro atoms. The van der Waals surface area contributed by atoms with Crippen LogP contribution in [0.15, 0.2) is 53.9 Å². The fraction of sp³-hybridized carbons (Fsp3) is 0.250. The van der Waals surface area contributed by atoms with Crippen LogP contribution in [0.5, 0.6) is 17.2 Å². The number of Topliss-reactive ketones (excluding diaryl/α,β-unsaturated/α-hetero) is 2. The third-order valence-electron chi connectivity index (χ3n) is 5.91. The maximum Gasteiger partial charge on any atom is 0.184 e. The molecule has 192 valence electrons. The summed E-state index contributed by atoms with van der Waals surface area (Å²) in [6.45, 7) is 1.63. The summed E-state index contributed by atoms with van der Waals surface area (Å²) in [4.78, 5) is 30.8. The Bertz CT molecular complexity index is 1450. The van der Waals surface area contributed by atoms with E-state index in [1.807, 2.05) is 0 Å². The number of aromatic nitrogens is 1. The van der Waals surface area contributed by atoms with Crippen molar-refractivity contribution in [3.8, 4) is 28.5 Å². The molecule has 2 aromatic carbocycles. The second kappa shape index (κ2) is 11.5. The highest BCUT2D eigenvalue weighted by Crippen LogP contribution is 2.38. The molecule has 0 fully saturated rings. The lowest BCUT2D eigenvalue weighted by Crippen LogP contribution is -2.17. The van der Waals surface area contributed by atoms with Crippen LogP contribution in [0.2, 0.25) is 0 Å². The van der Waals surface area contributed by atoms with Gasteiger partial charge in [-0.25, -0.2) is 9.37 Å². The van der Waals surface area contributed by atoms with Crippen LogP contribution in [0.25, 0.3) is 21.3 Å². The first kappa shape index (κ1) is 26.2. The van der Waals surface area contributed by atoms with E-state index in [-0.39, 0.29) is 42.7 Å². The summed E-state index contributed by atoms with van der Waals surface area (Å²) >= 11 is 1.26. The Labute approximate surface area is 217 Å². The minimum atomic E-state index is -0.644. The molecule has 0 saturated heterocycles. The van der Waals surface area contributed by atoms with Gasteiger partial charge < -0.3 is 19.3 Å². The quantitative estimate of drug-likeness (QED) is 0.256. The van der Waals surface area contributed by atoms with Crippen LogP contribution >= 0.6 is 11.3 Å². The molecule has 4 rings (SSSR count). The van der Waals surface area contributed by atoms with Gasteiger partial charge in [0.15, 0.2) is 23.1 Å². The SMILES string of the molecule is COc1cc(C(=O)C[C@H](C)C(=O)c2ccc(OC)c(-c3csc4c(F)cccc34)n2)ccc1OCCO. The third kappa shape index (κ3) is 5.47. The number of benzene rings is 2. The molecule has 7 nitrogen and oxygen atoms in total. The Morgan fingerprint density at radius 2 is 1.81 bits per heavy atom. The molecule has 1 N–H and O–H groups in total. The maximum atomic E-state index is 14.2. The Balaban J connectivity index is 1.57. The zero-order chi connectivity index (χ0) is 26.5. The number of pyridine rings is 1. The predicted octanol–water partition coefficient (Wildman–Crippen LogP) is 5.58. The van der Waals surface area contributed by atoms with Gasteiger partial charge in [0.2, 0.25) is 0 Å². The van der Waals surface area contributed by atoms with Crippen molar-refractivity contribution in [2.24, 2.45) is 5.92 Å². The average molecular weight is 524 g/mol. The van der Waals surface area contributed by atoms with Gasteiger partial charge in [-0.1, -0.05) is 19.1 Å². The van der Waals surface area contributed by atoms with E-state index < -0.39 is 5.92 Å². The molecule has 0 aliphatic heterocycles. The molecule has 4 aromatic rings. The van der Waals surface area contributed by atoms with Gasteiger partial charge in [0.05, 0.1) is 25.5 Å². The molecule has 9 heteroatoms. The average Bonchev–Trinajstić information content (AvgIpc) is 3.36. The summed E-state index contributed by atoms with van der Waals surface area (Å²) in [6.07, 6.45) is -0.0333. The Morgan fingerprint density at radius 1 is 1.05 bits per heavy atom. The second-order valence-corrected chi connectivity index (χ2v) is 9.22. The molecule has 0 saturated carbocycles. The van der Waals surface area contributed by atoms with Gasteiger partial charge >= 0.3 is 0 Å². The zero-order valence-corrected chi connectivity index (χ0v) is 21.4. The van der Waals surface area contributed by atoms with E-state index in [2.05, 4.69) is 4.98 Å². The first-order chi connectivity index (χ1) is 17.9. The fourth-order valence-corrected chi connectivity index (χ4v) is 4.96. The fourth-order valence-electron chi connectivity index (χ4n) is 4.00. The summed E-state index contributed by atoms with van der Waals surface area (Å²) in [5.74, 6) is -0.267. The van der Waals surface area contributed by atoms with E-state index in [9.17, 15) is 14.0 Å². The zero-order valence-electron chi connectivity index (χ0n) is 20.6. The first-order valence-corrected chi connectivity index (χ1v) is 12.5. The number of methoxy groups -OCH3 is 2. The van der Waals surface area contributed by atoms with Crippen molar-refractivity contribution in [2.75, 3.05) is 27.4 Å². The van der Waals surface area contributed by atoms with Crippen molar-refractivity contribution in [1.82, 2.24) is 4.98 Å². The topological polar surface area (TPSA) is 95.0 Å². The van der Waals surface area contributed by atoms with Crippen molar-refractivity contribution in [3.05, 3.63) is 71.0 Å². The van der Waals surface area contributed by atoms with Crippen molar-refractivity contribution in [2.45, 2.75) is 13.3 Å². The molecule has 0 bridgehead atoms. The largest absolute Gasteiger partial charge is 0.494 e. The number of aliphatic hydroxyl groups excluding tert-OH is 1. The van der Waals surface area contributed by atoms with Crippen molar-refractivity contribution in [1.29, 1.82) is 0 Å². The van der Waals surface area contributed by atoms with Gasteiger partial charge in [0.25, 0.3) is 0 Å². The lowest BCUT2D eigenvalue weighted by atomic mass is 9.94. The van der Waals surface area contributed by atoms with Gasteiger partial charge in [-0.05, 0) is 36.4 Å². The van der Waals surface area contributed by atoms with E-state index in [1.54, 1.807) is 54.8 Å². The molecule has 1 atom stereocenters. The molecule has 2 aromatic heterocycles. The Morgan fingerprint density at radius 3 is 2.54 bits per heavy atom. The number of ketones is 2. The maximum absolute atomic E-state index is 14.2. The summed E-state index contributed by atoms with van der Waals surface area (Å²) in [6, 6.07) is 12.8. The second-order valence-electron chi connectivity index (χ2n) is 8.34. The molecule has 0 aliphatic rings. The van der Waals surface area contributed by atoms with Gasteiger partial charge in [-0.15, -0.1) is 11.3 Å². The molecule has 2 heterocycles. The van der Waals surface area contributed by atoms with Crippen LogP contribution in [0.4, 0.5) is 4.39 Å². The number of nitrogens with zero attached hydrogens (tertiary/aromatic N) is 1. The van der Waals surface area contributed by atoms with Gasteiger partial charge in [-0.2, -0.15) is 0 Å². The van der Waals surface area contributed by atoms with Gasteiger partial charge in [-0.3, -0.25) is 9.59 Å². The number of hydrogen-bond acceptors (Lipinski definition) is 8. The number of ether oxygens (including phenoxy) is 3. The number of thiophene rings is 1. The Kier molecular flexibility index (Phi) is 8.15. The molecule has 37 heavy (non-hydrogen) atoms. The normalized spacial score (nSPS) is 11.8. The molecule has 0 unspecified atom stereocenters. The van der Waals surface area contributed by atoms with E-state index in [4.69, 9.17) is 19.3 Å². The third-order valence-corrected chi connectivity index (χ3v) is 6.92. The highest BCUT2D eigenvalue weighted by atomic mass is 32.1. The van der Waals surface area contributed by atoms with Crippen molar-refractivity contribution < 1.29 is 33.3 Å². The summed E-state index contributed by atoms with van der Waals surface area (Å²) < 4.78 is 30.9. The number of carbonyl (C=O) groups excluding carboxylic acids is 2. The van der Waals surface area contributed by atoms with Crippen LogP contribution in [-0.2, 0) is 0 Å². The molecule has 0 amide bonds. The van der Waals surface area contributed by atoms with E-state index in [0.29, 0.717) is 44.2 Å². The van der Waals surface area contributed by atoms with Crippen molar-refractivity contribution in [3.63, 3.8) is 0 Å². The van der Waals surface area contributed by atoms with Crippen LogP contribution in [-0.4, -0.2) is 49.1 Å². The summed E-state index contributed by atoms with van der Waals surface area (Å²) in [5, 5.41) is 11.4. The number of carbonyl (C=O) groups is 2. The lowest BCUT2D eigenvalue weighted by Gasteiger charge is -2.14. The van der Waals surface area contributed by atoms with Crippen LogP contribution in [0.1, 0.15) is 34.2 Å². The first-order valence-electron chi connectivity index (χ1n) is 11.6. The van der Waals surface area contributed by atoms with E-state index in [1.165, 1.54) is 31.6 Å². The van der Waals surface area contributed by atoms with Crippen LogP contribution in [0.3, 0.4) is 0 Å². The predicted molar refractivity (Wildman–Crippen MR) is 140 cm³/mol. The molecular weight excluding hydrogens is 497 g/mol. The Hall–Kier alpha value is -3.82. The van der Waals surface area contributed by atoms with Crippen LogP contribution < -0.4 is 14.2 Å². The summed E-state index contributed by atoms with van der Waals surface area (Å²) in [7, 11) is 2.96. The van der Waals surface area contributed by atoms with Gasteiger partial charge in [0.1, 0.15) is 29.6 Å². The number of rotatable bonds is 11. The highest BCUT2D eigenvalue weighted by molar-refractivity contribution is 7.17. The smallest absolute Gasteiger partial charge is 0.184 e. The number of aliphatic hydroxyl groups is 1.